The number of halogens is 1. The number of aromatic nitrogens is 1. The van der Waals surface area contributed by atoms with Crippen molar-refractivity contribution in [2.24, 2.45) is 11.5 Å². The molecule has 0 radical (unpaired) electrons. The monoisotopic (exact) mass is 353 g/mol. The lowest BCUT2D eigenvalue weighted by molar-refractivity contribution is 0.480. The third kappa shape index (κ3) is 6.08. The topological polar surface area (TPSA) is 78.1 Å². The van der Waals surface area contributed by atoms with Gasteiger partial charge >= 0.3 is 0 Å². The smallest absolute Gasteiger partial charge is 0.213 e. The van der Waals surface area contributed by atoms with Crippen LogP contribution in [0.2, 0.25) is 0 Å². The largest absolute Gasteiger partial charge is 0.439 e. The van der Waals surface area contributed by atoms with Gasteiger partial charge < -0.3 is 15.9 Å². The van der Waals surface area contributed by atoms with Gasteiger partial charge in [0.15, 0.2) is 5.58 Å². The molecule has 0 aliphatic rings. The van der Waals surface area contributed by atoms with Crippen molar-refractivity contribution in [1.82, 2.24) is 4.98 Å². The lowest BCUT2D eigenvalue weighted by Crippen LogP contribution is -2.20. The van der Waals surface area contributed by atoms with Crippen molar-refractivity contribution in [2.75, 3.05) is 6.54 Å². The van der Waals surface area contributed by atoms with Crippen molar-refractivity contribution in [1.29, 1.82) is 0 Å². The number of hydrogen-bond acceptors (Lipinski definition) is 4. The molecule has 1 heterocycles. The first-order valence-corrected chi connectivity index (χ1v) is 9.10. The van der Waals surface area contributed by atoms with Crippen LogP contribution in [0.1, 0.15) is 75.8 Å². The van der Waals surface area contributed by atoms with Crippen LogP contribution in [0.25, 0.3) is 11.1 Å². The molecule has 0 amide bonds. The van der Waals surface area contributed by atoms with Gasteiger partial charge in [-0.2, -0.15) is 0 Å². The van der Waals surface area contributed by atoms with Gasteiger partial charge in [0, 0.05) is 6.54 Å². The Bertz CT molecular complexity index is 585. The molecule has 2 rings (SSSR count). The van der Waals surface area contributed by atoms with E-state index in [-0.39, 0.29) is 18.4 Å². The van der Waals surface area contributed by atoms with E-state index in [0.717, 1.165) is 17.5 Å². The third-order valence-electron chi connectivity index (χ3n) is 4.39. The zero-order valence-electron chi connectivity index (χ0n) is 14.8. The number of nitrogens with two attached hydrogens (primary N) is 2. The first kappa shape index (κ1) is 20.9. The molecule has 0 bridgehead atoms. The van der Waals surface area contributed by atoms with E-state index in [2.05, 4.69) is 18.0 Å². The molecular formula is C19H32ClN3O. The molecular weight excluding hydrogens is 322 g/mol. The van der Waals surface area contributed by atoms with Gasteiger partial charge in [0.05, 0.1) is 6.04 Å². The Kier molecular flexibility index (Phi) is 9.99. The maximum atomic E-state index is 5.92. The SMILES string of the molecule is CCCCCCCCCCc1cccc2oc(C(N)CN)nc12.Cl. The summed E-state index contributed by atoms with van der Waals surface area (Å²) < 4.78 is 5.73. The van der Waals surface area contributed by atoms with E-state index in [1.54, 1.807) is 0 Å². The minimum absolute atomic E-state index is 0. The molecule has 0 fully saturated rings. The number of rotatable bonds is 11. The molecule has 0 saturated carbocycles. The lowest BCUT2D eigenvalue weighted by atomic mass is 10.0. The summed E-state index contributed by atoms with van der Waals surface area (Å²) in [5, 5.41) is 0. The van der Waals surface area contributed by atoms with E-state index in [1.807, 2.05) is 12.1 Å². The molecule has 4 nitrogen and oxygen atoms in total. The Morgan fingerprint density at radius 2 is 1.71 bits per heavy atom. The van der Waals surface area contributed by atoms with E-state index in [1.165, 1.54) is 56.9 Å². The van der Waals surface area contributed by atoms with Crippen molar-refractivity contribution in [2.45, 2.75) is 70.8 Å². The first-order chi connectivity index (χ1) is 11.3. The molecule has 5 heteroatoms. The molecule has 1 atom stereocenters. The summed E-state index contributed by atoms with van der Waals surface area (Å²) in [6, 6.07) is 5.81. The normalized spacial score (nSPS) is 12.3. The van der Waals surface area contributed by atoms with Crippen molar-refractivity contribution in [3.63, 3.8) is 0 Å². The molecule has 0 aliphatic heterocycles. The second-order valence-corrected chi connectivity index (χ2v) is 6.38. The number of oxazole rings is 1. The molecule has 24 heavy (non-hydrogen) atoms. The van der Waals surface area contributed by atoms with Crippen LogP contribution in [-0.4, -0.2) is 11.5 Å². The molecule has 0 saturated heterocycles. The number of benzene rings is 1. The predicted octanol–water partition coefficient (Wildman–Crippen LogP) is 4.89. The molecule has 1 unspecified atom stereocenters. The summed E-state index contributed by atoms with van der Waals surface area (Å²) in [7, 11) is 0. The van der Waals surface area contributed by atoms with E-state index in [4.69, 9.17) is 15.9 Å². The molecule has 1 aromatic heterocycles. The molecule has 4 N–H and O–H groups in total. The van der Waals surface area contributed by atoms with E-state index < -0.39 is 0 Å². The highest BCUT2D eigenvalue weighted by Crippen LogP contribution is 2.23. The van der Waals surface area contributed by atoms with Crippen LogP contribution in [0, 0.1) is 0 Å². The zero-order chi connectivity index (χ0) is 16.5. The number of hydrogen-bond donors (Lipinski definition) is 2. The fourth-order valence-corrected chi connectivity index (χ4v) is 2.93. The van der Waals surface area contributed by atoms with Gasteiger partial charge in [-0.05, 0) is 24.5 Å². The lowest BCUT2D eigenvalue weighted by Gasteiger charge is -2.03. The van der Waals surface area contributed by atoms with Gasteiger partial charge in [0.2, 0.25) is 5.89 Å². The minimum Gasteiger partial charge on any atom is -0.439 e. The van der Waals surface area contributed by atoms with Crippen molar-refractivity contribution >= 4 is 23.5 Å². The Morgan fingerprint density at radius 3 is 2.38 bits per heavy atom. The molecule has 0 aliphatic carbocycles. The van der Waals surface area contributed by atoms with E-state index >= 15 is 0 Å². The van der Waals surface area contributed by atoms with Crippen LogP contribution in [0.5, 0.6) is 0 Å². The van der Waals surface area contributed by atoms with Crippen molar-refractivity contribution < 1.29 is 4.42 Å². The Hall–Kier alpha value is -1.10. The van der Waals surface area contributed by atoms with Crippen LogP contribution in [0.15, 0.2) is 22.6 Å². The van der Waals surface area contributed by atoms with Crippen LogP contribution < -0.4 is 11.5 Å². The van der Waals surface area contributed by atoms with Gasteiger partial charge in [-0.15, -0.1) is 12.4 Å². The molecule has 0 spiro atoms. The maximum absolute atomic E-state index is 5.92. The van der Waals surface area contributed by atoms with Crippen LogP contribution in [0.3, 0.4) is 0 Å². The fraction of sp³-hybridized carbons (Fsp3) is 0.632. The molecule has 2 aromatic rings. The quantitative estimate of drug-likeness (QED) is 0.563. The summed E-state index contributed by atoms with van der Waals surface area (Å²) in [6.45, 7) is 2.61. The Balaban J connectivity index is 0.00000288. The Labute approximate surface area is 151 Å². The minimum atomic E-state index is -0.321. The van der Waals surface area contributed by atoms with Gasteiger partial charge in [0.1, 0.15) is 5.52 Å². The second kappa shape index (κ2) is 11.5. The van der Waals surface area contributed by atoms with E-state index in [9.17, 15) is 0 Å². The summed E-state index contributed by atoms with van der Waals surface area (Å²) in [5.41, 5.74) is 14.5. The number of unbranched alkanes of at least 4 members (excludes halogenated alkanes) is 7. The summed E-state index contributed by atoms with van der Waals surface area (Å²) in [6.07, 6.45) is 11.7. The fourth-order valence-electron chi connectivity index (χ4n) is 2.93. The first-order valence-electron chi connectivity index (χ1n) is 9.10. The van der Waals surface area contributed by atoms with Gasteiger partial charge in [-0.3, -0.25) is 0 Å². The van der Waals surface area contributed by atoms with Crippen LogP contribution in [-0.2, 0) is 6.42 Å². The average molecular weight is 354 g/mol. The highest BCUT2D eigenvalue weighted by Gasteiger charge is 2.14. The number of nitrogens with zero attached hydrogens (tertiary/aromatic N) is 1. The van der Waals surface area contributed by atoms with Crippen LogP contribution >= 0.6 is 12.4 Å². The second-order valence-electron chi connectivity index (χ2n) is 6.38. The van der Waals surface area contributed by atoms with Gasteiger partial charge in [0.25, 0.3) is 0 Å². The van der Waals surface area contributed by atoms with Crippen molar-refractivity contribution in [3.8, 4) is 0 Å². The predicted molar refractivity (Wildman–Crippen MR) is 104 cm³/mol. The summed E-state index contributed by atoms with van der Waals surface area (Å²) in [4.78, 5) is 4.56. The highest BCUT2D eigenvalue weighted by molar-refractivity contribution is 5.85. The standard InChI is InChI=1S/C19H31N3O.ClH/c1-2-3-4-5-6-7-8-9-11-15-12-10-13-17-18(15)22-19(23-17)16(21)14-20;/h10,12-13,16H,2-9,11,14,20-21H2,1H3;1H. The Morgan fingerprint density at radius 1 is 1.04 bits per heavy atom. The third-order valence-corrected chi connectivity index (χ3v) is 4.39. The zero-order valence-corrected chi connectivity index (χ0v) is 15.6. The maximum Gasteiger partial charge on any atom is 0.213 e. The summed E-state index contributed by atoms with van der Waals surface area (Å²) in [5.74, 6) is 0.547. The number of para-hydroxylation sites is 1. The number of aryl methyl sites for hydroxylation is 1. The number of fused-ring (bicyclic) bond motifs is 1. The van der Waals surface area contributed by atoms with Crippen LogP contribution in [0.4, 0.5) is 0 Å². The van der Waals surface area contributed by atoms with E-state index in [0.29, 0.717) is 12.4 Å². The molecule has 136 valence electrons. The average Bonchev–Trinajstić information content (AvgIpc) is 3.01. The van der Waals surface area contributed by atoms with Crippen molar-refractivity contribution in [3.05, 3.63) is 29.7 Å². The molecule has 1 aromatic carbocycles. The summed E-state index contributed by atoms with van der Waals surface area (Å²) >= 11 is 0. The highest BCUT2D eigenvalue weighted by atomic mass is 35.5. The van der Waals surface area contributed by atoms with Gasteiger partial charge in [-0.1, -0.05) is 64.0 Å². The van der Waals surface area contributed by atoms with Gasteiger partial charge in [-0.25, -0.2) is 4.98 Å².